The summed E-state index contributed by atoms with van der Waals surface area (Å²) in [5.41, 5.74) is 3.00. The van der Waals surface area contributed by atoms with E-state index in [0.29, 0.717) is 28.8 Å². The van der Waals surface area contributed by atoms with Gasteiger partial charge in [0.05, 0.1) is 11.4 Å². The molecule has 2 heterocycles. The van der Waals surface area contributed by atoms with Gasteiger partial charge in [-0.25, -0.2) is 13.4 Å². The van der Waals surface area contributed by atoms with Crippen molar-refractivity contribution < 1.29 is 8.42 Å². The lowest BCUT2D eigenvalue weighted by Gasteiger charge is -2.11. The van der Waals surface area contributed by atoms with Gasteiger partial charge in [-0.3, -0.25) is 9.82 Å². The first-order chi connectivity index (χ1) is 13.3. The molecule has 0 spiro atoms. The predicted molar refractivity (Wildman–Crippen MR) is 110 cm³/mol. The lowest BCUT2D eigenvalue weighted by atomic mass is 10.3. The highest BCUT2D eigenvalue weighted by Crippen LogP contribution is 2.23. The summed E-state index contributed by atoms with van der Waals surface area (Å²) in [7, 11) is -3.71. The van der Waals surface area contributed by atoms with Crippen LogP contribution in [-0.4, -0.2) is 35.1 Å². The standard InChI is InChI=1S/C18H23N7O2S/c1-5-19-18-20-11(2)10-16(22-18)21-14-6-8-15(9-7-14)25-28(26,27)17-12(3)23-24-13(17)4/h6-10,25H,5H2,1-4H3,(H,23,24)(H2,19,20,21,22). The lowest BCUT2D eigenvalue weighted by Crippen LogP contribution is -2.14. The maximum atomic E-state index is 12.6. The summed E-state index contributed by atoms with van der Waals surface area (Å²) in [6, 6.07) is 8.75. The minimum atomic E-state index is -3.71. The largest absolute Gasteiger partial charge is 0.354 e. The van der Waals surface area contributed by atoms with Crippen molar-refractivity contribution in [2.75, 3.05) is 21.9 Å². The van der Waals surface area contributed by atoms with E-state index >= 15 is 0 Å². The molecule has 0 atom stereocenters. The zero-order valence-corrected chi connectivity index (χ0v) is 17.0. The van der Waals surface area contributed by atoms with E-state index in [1.165, 1.54) is 0 Å². The minimum Gasteiger partial charge on any atom is -0.354 e. The molecule has 0 aliphatic carbocycles. The van der Waals surface area contributed by atoms with Crippen molar-refractivity contribution in [3.05, 3.63) is 47.4 Å². The first-order valence-electron chi connectivity index (χ1n) is 8.79. The van der Waals surface area contributed by atoms with Crippen molar-refractivity contribution in [1.82, 2.24) is 20.2 Å². The molecule has 4 N–H and O–H groups in total. The Bertz CT molecular complexity index is 1060. The Morgan fingerprint density at radius 2 is 1.71 bits per heavy atom. The molecule has 9 nitrogen and oxygen atoms in total. The number of aromatic nitrogens is 4. The number of aryl methyl sites for hydroxylation is 3. The molecule has 0 saturated carbocycles. The zero-order chi connectivity index (χ0) is 20.3. The number of rotatable bonds is 7. The molecule has 0 saturated heterocycles. The SMILES string of the molecule is CCNc1nc(C)cc(Nc2ccc(NS(=O)(=O)c3c(C)n[nH]c3C)cc2)n1. The van der Waals surface area contributed by atoms with E-state index in [9.17, 15) is 8.42 Å². The van der Waals surface area contributed by atoms with Gasteiger partial charge in [0.1, 0.15) is 10.7 Å². The Morgan fingerprint density at radius 3 is 2.32 bits per heavy atom. The van der Waals surface area contributed by atoms with Gasteiger partial charge in [0.2, 0.25) is 5.95 Å². The van der Waals surface area contributed by atoms with Gasteiger partial charge in [-0.05, 0) is 52.0 Å². The van der Waals surface area contributed by atoms with Crippen LogP contribution >= 0.6 is 0 Å². The van der Waals surface area contributed by atoms with Crippen molar-refractivity contribution in [2.45, 2.75) is 32.6 Å². The van der Waals surface area contributed by atoms with E-state index in [-0.39, 0.29) is 4.90 Å². The van der Waals surface area contributed by atoms with E-state index in [2.05, 4.69) is 35.5 Å². The van der Waals surface area contributed by atoms with E-state index < -0.39 is 10.0 Å². The average Bonchev–Trinajstić information content (AvgIpc) is 2.95. The quantitative estimate of drug-likeness (QED) is 0.479. The molecule has 3 rings (SSSR count). The topological polar surface area (TPSA) is 125 Å². The van der Waals surface area contributed by atoms with Crippen LogP contribution in [0.4, 0.5) is 23.1 Å². The lowest BCUT2D eigenvalue weighted by molar-refractivity contribution is 0.600. The Morgan fingerprint density at radius 1 is 1.04 bits per heavy atom. The van der Waals surface area contributed by atoms with Gasteiger partial charge in [-0.2, -0.15) is 10.1 Å². The van der Waals surface area contributed by atoms with Gasteiger partial charge >= 0.3 is 0 Å². The minimum absolute atomic E-state index is 0.169. The molecular weight excluding hydrogens is 378 g/mol. The van der Waals surface area contributed by atoms with Crippen LogP contribution in [0.25, 0.3) is 0 Å². The number of H-pyrrole nitrogens is 1. The summed E-state index contributed by atoms with van der Waals surface area (Å²) in [5.74, 6) is 1.21. The van der Waals surface area contributed by atoms with Gasteiger partial charge in [0.15, 0.2) is 0 Å². The molecule has 0 aliphatic rings. The fourth-order valence-electron chi connectivity index (χ4n) is 2.78. The van der Waals surface area contributed by atoms with Crippen LogP contribution in [0.3, 0.4) is 0 Å². The number of nitrogens with zero attached hydrogens (tertiary/aromatic N) is 3. The van der Waals surface area contributed by atoms with E-state index in [1.807, 2.05) is 19.9 Å². The Labute approximate surface area is 164 Å². The number of aromatic amines is 1. The number of sulfonamides is 1. The molecule has 10 heteroatoms. The summed E-state index contributed by atoms with van der Waals surface area (Å²) in [6.45, 7) is 7.92. The fourth-order valence-corrected chi connectivity index (χ4v) is 4.21. The molecule has 1 aromatic carbocycles. The predicted octanol–water partition coefficient (Wildman–Crippen LogP) is 3.10. The number of hydrogen-bond donors (Lipinski definition) is 4. The van der Waals surface area contributed by atoms with Crippen molar-refractivity contribution in [2.24, 2.45) is 0 Å². The third-order valence-electron chi connectivity index (χ3n) is 3.93. The second-order valence-electron chi connectivity index (χ2n) is 6.32. The van der Waals surface area contributed by atoms with E-state index in [4.69, 9.17) is 0 Å². The second kappa shape index (κ2) is 7.85. The van der Waals surface area contributed by atoms with Crippen LogP contribution in [0.15, 0.2) is 35.2 Å². The summed E-state index contributed by atoms with van der Waals surface area (Å²) in [6.07, 6.45) is 0. The van der Waals surface area contributed by atoms with E-state index in [0.717, 1.165) is 17.9 Å². The molecule has 0 fully saturated rings. The molecule has 148 valence electrons. The Balaban J connectivity index is 1.75. The van der Waals surface area contributed by atoms with Crippen molar-refractivity contribution in [1.29, 1.82) is 0 Å². The van der Waals surface area contributed by atoms with Crippen LogP contribution in [0.5, 0.6) is 0 Å². The first kappa shape index (κ1) is 19.6. The van der Waals surface area contributed by atoms with Gasteiger partial charge in [0, 0.05) is 29.7 Å². The Hall–Kier alpha value is -3.14. The summed E-state index contributed by atoms with van der Waals surface area (Å²) < 4.78 is 27.8. The van der Waals surface area contributed by atoms with E-state index in [1.54, 1.807) is 38.1 Å². The second-order valence-corrected chi connectivity index (χ2v) is 7.94. The summed E-state index contributed by atoms with van der Waals surface area (Å²) in [5, 5.41) is 12.9. The third-order valence-corrected chi connectivity index (χ3v) is 5.57. The molecule has 0 aliphatic heterocycles. The normalized spacial score (nSPS) is 11.3. The molecule has 0 amide bonds. The highest BCUT2D eigenvalue weighted by Gasteiger charge is 2.22. The highest BCUT2D eigenvalue weighted by molar-refractivity contribution is 7.92. The Kier molecular flexibility index (Phi) is 5.50. The molecule has 0 bridgehead atoms. The summed E-state index contributed by atoms with van der Waals surface area (Å²) >= 11 is 0. The van der Waals surface area contributed by atoms with Gasteiger partial charge in [0.25, 0.3) is 10.0 Å². The maximum absolute atomic E-state index is 12.6. The van der Waals surface area contributed by atoms with Crippen molar-refractivity contribution in [3.8, 4) is 0 Å². The number of hydrogen-bond acceptors (Lipinski definition) is 7. The van der Waals surface area contributed by atoms with Crippen molar-refractivity contribution >= 4 is 33.2 Å². The fraction of sp³-hybridized carbons (Fsp3) is 0.278. The maximum Gasteiger partial charge on any atom is 0.265 e. The van der Waals surface area contributed by atoms with Crippen LogP contribution in [0.2, 0.25) is 0 Å². The van der Waals surface area contributed by atoms with Gasteiger partial charge in [-0.15, -0.1) is 0 Å². The molecule has 0 radical (unpaired) electrons. The monoisotopic (exact) mass is 401 g/mol. The smallest absolute Gasteiger partial charge is 0.265 e. The number of anilines is 4. The van der Waals surface area contributed by atoms with Crippen LogP contribution in [0.1, 0.15) is 24.0 Å². The van der Waals surface area contributed by atoms with Gasteiger partial charge in [-0.1, -0.05) is 0 Å². The third kappa shape index (κ3) is 4.39. The first-order valence-corrected chi connectivity index (χ1v) is 10.3. The molecule has 0 unspecified atom stereocenters. The van der Waals surface area contributed by atoms with Crippen LogP contribution < -0.4 is 15.4 Å². The van der Waals surface area contributed by atoms with Gasteiger partial charge < -0.3 is 10.6 Å². The number of nitrogens with one attached hydrogen (secondary N) is 4. The average molecular weight is 401 g/mol. The molecule has 3 aromatic rings. The zero-order valence-electron chi connectivity index (χ0n) is 16.2. The van der Waals surface area contributed by atoms with Crippen LogP contribution in [0, 0.1) is 20.8 Å². The van der Waals surface area contributed by atoms with Crippen LogP contribution in [-0.2, 0) is 10.0 Å². The molecule has 28 heavy (non-hydrogen) atoms. The number of benzene rings is 1. The molecule has 2 aromatic heterocycles. The summed E-state index contributed by atoms with van der Waals surface area (Å²) in [4.78, 5) is 8.88. The van der Waals surface area contributed by atoms with Crippen molar-refractivity contribution in [3.63, 3.8) is 0 Å². The highest BCUT2D eigenvalue weighted by atomic mass is 32.2. The molecular formula is C18H23N7O2S.